The average molecular weight is 869 g/mol. The summed E-state index contributed by atoms with van der Waals surface area (Å²) in [6.07, 6.45) is 0. The highest BCUT2D eigenvalue weighted by molar-refractivity contribution is 6.32. The van der Waals surface area contributed by atoms with Crippen LogP contribution in [0.25, 0.3) is 98.1 Å². The zero-order chi connectivity index (χ0) is 44.7. The maximum atomic E-state index is 6.62. The van der Waals surface area contributed by atoms with Gasteiger partial charge in [0.1, 0.15) is 16.7 Å². The van der Waals surface area contributed by atoms with E-state index >= 15 is 0 Å². The van der Waals surface area contributed by atoms with Gasteiger partial charge in [-0.3, -0.25) is 0 Å². The first kappa shape index (κ1) is 38.2. The van der Waals surface area contributed by atoms with E-state index in [0.29, 0.717) is 0 Å². The first-order chi connectivity index (χ1) is 33.7. The highest BCUT2D eigenvalue weighted by Gasteiger charge is 2.23. The number of anilines is 6. The fourth-order valence-electron chi connectivity index (χ4n) is 10.8. The molecular formula is C64H40N2O2. The van der Waals surface area contributed by atoms with Crippen LogP contribution in [0.3, 0.4) is 0 Å². The monoisotopic (exact) mass is 868 g/mol. The van der Waals surface area contributed by atoms with E-state index in [4.69, 9.17) is 8.83 Å². The van der Waals surface area contributed by atoms with E-state index in [1.165, 1.54) is 43.1 Å². The molecule has 318 valence electrons. The lowest BCUT2D eigenvalue weighted by Crippen LogP contribution is -2.11. The van der Waals surface area contributed by atoms with Gasteiger partial charge in [-0.15, -0.1) is 0 Å². The number of fused-ring (bicyclic) bond motifs is 14. The molecule has 0 radical (unpaired) electrons. The van der Waals surface area contributed by atoms with E-state index in [0.717, 1.165) is 89.1 Å². The molecule has 2 aromatic heterocycles. The quantitative estimate of drug-likeness (QED) is 0.149. The second-order valence-corrected chi connectivity index (χ2v) is 17.6. The van der Waals surface area contributed by atoms with Crippen LogP contribution >= 0.6 is 0 Å². The van der Waals surface area contributed by atoms with Gasteiger partial charge in [0.25, 0.3) is 0 Å². The molecule has 0 spiro atoms. The number of rotatable bonds is 7. The van der Waals surface area contributed by atoms with Crippen LogP contribution in [0.5, 0.6) is 0 Å². The number of para-hydroxylation sites is 5. The standard InChI is InChI=1S/C64H40N2O2/c1-3-16-41(17-4-1)47-20-9-12-26-58(47)66(46-33-37-62-57(40-46)52-23-11-13-28-60(52)67-62)45-32-36-50-54-34-30-42-38-44(31-35-48(42)63(54)53-24-8-7-21-49(53)56(50)39-45)65(43-18-5-2-6-19-43)59-27-15-25-55-51-22-10-14-29-61(51)68-64(55)59/h1-40H. The van der Waals surface area contributed by atoms with Crippen LogP contribution in [0.1, 0.15) is 0 Å². The van der Waals surface area contributed by atoms with E-state index < -0.39 is 0 Å². The zero-order valence-electron chi connectivity index (χ0n) is 36.8. The van der Waals surface area contributed by atoms with Crippen LogP contribution in [0, 0.1) is 0 Å². The van der Waals surface area contributed by atoms with Gasteiger partial charge in [0.05, 0.1) is 11.4 Å². The van der Waals surface area contributed by atoms with Gasteiger partial charge in [-0.1, -0.05) is 164 Å². The van der Waals surface area contributed by atoms with Crippen molar-refractivity contribution in [1.82, 2.24) is 0 Å². The summed E-state index contributed by atoms with van der Waals surface area (Å²) in [7, 11) is 0. The Morgan fingerprint density at radius 2 is 0.779 bits per heavy atom. The molecule has 68 heavy (non-hydrogen) atoms. The Morgan fingerprint density at radius 1 is 0.265 bits per heavy atom. The van der Waals surface area contributed by atoms with Crippen molar-refractivity contribution in [1.29, 1.82) is 0 Å². The molecule has 0 fully saturated rings. The summed E-state index contributed by atoms with van der Waals surface area (Å²) in [5.41, 5.74) is 12.2. The van der Waals surface area contributed by atoms with Crippen LogP contribution in [0.15, 0.2) is 251 Å². The molecule has 14 rings (SSSR count). The summed E-state index contributed by atoms with van der Waals surface area (Å²) in [5.74, 6) is 0. The van der Waals surface area contributed by atoms with Gasteiger partial charge in [-0.25, -0.2) is 0 Å². The predicted molar refractivity (Wildman–Crippen MR) is 286 cm³/mol. The van der Waals surface area contributed by atoms with Crippen molar-refractivity contribution in [3.8, 4) is 11.1 Å². The minimum Gasteiger partial charge on any atom is -0.456 e. The summed E-state index contributed by atoms with van der Waals surface area (Å²) >= 11 is 0. The number of benzene rings is 12. The van der Waals surface area contributed by atoms with Gasteiger partial charge in [-0.2, -0.15) is 0 Å². The predicted octanol–water partition coefficient (Wildman–Crippen LogP) is 18.7. The molecule has 12 aromatic carbocycles. The molecule has 4 nitrogen and oxygen atoms in total. The summed E-state index contributed by atoms with van der Waals surface area (Å²) in [6.45, 7) is 0. The van der Waals surface area contributed by atoms with Crippen LogP contribution < -0.4 is 9.80 Å². The first-order valence-corrected chi connectivity index (χ1v) is 23.2. The van der Waals surface area contributed by atoms with Crippen molar-refractivity contribution in [2.45, 2.75) is 0 Å². The summed E-state index contributed by atoms with van der Waals surface area (Å²) in [6, 6.07) is 87.1. The SMILES string of the molecule is c1ccc(-c2ccccc2N(c2ccc3oc4ccccc4c3c2)c2ccc3c(c2)c2ccccc2c2c4ccc(N(c5ccccc5)c5cccc6c5oc5ccccc56)cc4ccc32)cc1. The second-order valence-electron chi connectivity index (χ2n) is 17.6. The smallest absolute Gasteiger partial charge is 0.159 e. The third-order valence-corrected chi connectivity index (χ3v) is 13.8. The number of nitrogens with zero attached hydrogens (tertiary/aromatic N) is 2. The van der Waals surface area contributed by atoms with E-state index in [2.05, 4.69) is 228 Å². The van der Waals surface area contributed by atoms with Crippen molar-refractivity contribution in [3.05, 3.63) is 243 Å². The van der Waals surface area contributed by atoms with Crippen LogP contribution in [0.2, 0.25) is 0 Å². The molecule has 14 aromatic rings. The van der Waals surface area contributed by atoms with Crippen LogP contribution in [-0.2, 0) is 0 Å². The fourth-order valence-corrected chi connectivity index (χ4v) is 10.8. The summed E-state index contributed by atoms with van der Waals surface area (Å²) in [5, 5.41) is 14.1. The Kier molecular flexibility index (Phi) is 8.55. The minimum atomic E-state index is 0.866. The van der Waals surface area contributed by atoms with Crippen molar-refractivity contribution in [2.75, 3.05) is 9.80 Å². The third-order valence-electron chi connectivity index (χ3n) is 13.8. The van der Waals surface area contributed by atoms with Crippen molar-refractivity contribution in [2.24, 2.45) is 0 Å². The molecule has 0 aliphatic carbocycles. The molecule has 0 N–H and O–H groups in total. The van der Waals surface area contributed by atoms with Crippen molar-refractivity contribution in [3.63, 3.8) is 0 Å². The Labute approximate surface area is 391 Å². The van der Waals surface area contributed by atoms with E-state index in [1.807, 2.05) is 24.3 Å². The molecule has 0 saturated heterocycles. The Hall–Kier alpha value is -9.12. The number of hydrogen-bond acceptors (Lipinski definition) is 4. The van der Waals surface area contributed by atoms with Gasteiger partial charge < -0.3 is 18.6 Å². The topological polar surface area (TPSA) is 32.8 Å². The minimum absolute atomic E-state index is 0.866. The zero-order valence-corrected chi connectivity index (χ0v) is 36.8. The van der Waals surface area contributed by atoms with Crippen LogP contribution in [-0.4, -0.2) is 0 Å². The highest BCUT2D eigenvalue weighted by Crippen LogP contribution is 2.48. The molecule has 4 heteroatoms. The summed E-state index contributed by atoms with van der Waals surface area (Å²) in [4.78, 5) is 4.73. The molecule has 0 saturated carbocycles. The number of hydrogen-bond donors (Lipinski definition) is 0. The average Bonchev–Trinajstić information content (AvgIpc) is 3.98. The Morgan fingerprint density at radius 3 is 1.59 bits per heavy atom. The largest absolute Gasteiger partial charge is 0.456 e. The van der Waals surface area contributed by atoms with Crippen molar-refractivity contribution >= 4 is 121 Å². The number of furan rings is 2. The molecule has 0 aliphatic rings. The highest BCUT2D eigenvalue weighted by atomic mass is 16.3. The van der Waals surface area contributed by atoms with Gasteiger partial charge in [0.15, 0.2) is 5.58 Å². The molecule has 0 unspecified atom stereocenters. The van der Waals surface area contributed by atoms with E-state index in [-0.39, 0.29) is 0 Å². The normalized spacial score (nSPS) is 11.8. The van der Waals surface area contributed by atoms with E-state index in [9.17, 15) is 0 Å². The maximum Gasteiger partial charge on any atom is 0.159 e. The molecule has 0 atom stereocenters. The summed E-state index contributed by atoms with van der Waals surface area (Å²) < 4.78 is 13.0. The fraction of sp³-hybridized carbons (Fsp3) is 0. The molecule has 0 bridgehead atoms. The first-order valence-electron chi connectivity index (χ1n) is 23.2. The second kappa shape index (κ2) is 15.2. The molecule has 2 heterocycles. The Balaban J connectivity index is 0.967. The lowest BCUT2D eigenvalue weighted by Gasteiger charge is -2.28. The Bertz CT molecular complexity index is 4260. The van der Waals surface area contributed by atoms with Gasteiger partial charge in [0.2, 0.25) is 0 Å². The van der Waals surface area contributed by atoms with Crippen LogP contribution in [0.4, 0.5) is 34.1 Å². The molecule has 0 aliphatic heterocycles. The lowest BCUT2D eigenvalue weighted by molar-refractivity contribution is 0.668. The lowest BCUT2D eigenvalue weighted by atomic mass is 9.90. The maximum absolute atomic E-state index is 6.62. The van der Waals surface area contributed by atoms with Gasteiger partial charge in [0, 0.05) is 49.9 Å². The molecule has 0 amide bonds. The van der Waals surface area contributed by atoms with Gasteiger partial charge in [-0.05, 0) is 128 Å². The van der Waals surface area contributed by atoms with Gasteiger partial charge >= 0.3 is 0 Å². The van der Waals surface area contributed by atoms with Crippen molar-refractivity contribution < 1.29 is 8.83 Å². The molecular weight excluding hydrogens is 829 g/mol. The van der Waals surface area contributed by atoms with E-state index in [1.54, 1.807) is 0 Å². The third kappa shape index (κ3) is 5.94.